The highest BCUT2D eigenvalue weighted by molar-refractivity contribution is 6.05. The second-order valence-corrected chi connectivity index (χ2v) is 6.63. The molecule has 2 heterocycles. The summed E-state index contributed by atoms with van der Waals surface area (Å²) >= 11 is 0. The predicted molar refractivity (Wildman–Crippen MR) is 111 cm³/mol. The summed E-state index contributed by atoms with van der Waals surface area (Å²) in [5.41, 5.74) is 2.90. The number of aromatic nitrogens is 1. The average Bonchev–Trinajstić information content (AvgIpc) is 2.77. The van der Waals surface area contributed by atoms with E-state index in [1.165, 1.54) is 18.3 Å². The molecule has 0 aliphatic carbocycles. The van der Waals surface area contributed by atoms with Gasteiger partial charge in [-0.1, -0.05) is 12.1 Å². The Morgan fingerprint density at radius 1 is 1.00 bits per heavy atom. The Morgan fingerprint density at radius 2 is 1.76 bits per heavy atom. The second-order valence-electron chi connectivity index (χ2n) is 6.63. The Hall–Kier alpha value is -3.45. The number of para-hydroxylation sites is 2. The number of hydrogen-bond donors (Lipinski definition) is 2. The molecule has 0 saturated carbocycles. The SMILES string of the molecule is O=C(Nc1ccccc1N1CCOCC1)c1ccc(Nc2ccc(F)cc2)nc1. The van der Waals surface area contributed by atoms with Crippen molar-refractivity contribution >= 4 is 28.8 Å². The van der Waals surface area contributed by atoms with Crippen molar-refractivity contribution in [3.05, 3.63) is 78.2 Å². The minimum atomic E-state index is -0.298. The van der Waals surface area contributed by atoms with E-state index in [0.29, 0.717) is 24.6 Å². The molecule has 0 atom stereocenters. The van der Waals surface area contributed by atoms with E-state index in [0.717, 1.165) is 30.2 Å². The number of carbonyl (C=O) groups is 1. The molecule has 1 amide bonds. The number of nitrogens with one attached hydrogen (secondary N) is 2. The lowest BCUT2D eigenvalue weighted by atomic mass is 10.2. The van der Waals surface area contributed by atoms with Crippen molar-refractivity contribution in [1.82, 2.24) is 4.98 Å². The van der Waals surface area contributed by atoms with Gasteiger partial charge in [-0.2, -0.15) is 0 Å². The van der Waals surface area contributed by atoms with Crippen molar-refractivity contribution in [3.8, 4) is 0 Å². The van der Waals surface area contributed by atoms with E-state index in [4.69, 9.17) is 4.74 Å². The number of morpholine rings is 1. The van der Waals surface area contributed by atoms with Crippen LogP contribution >= 0.6 is 0 Å². The molecule has 1 aliphatic heterocycles. The molecule has 7 heteroatoms. The number of benzene rings is 2. The van der Waals surface area contributed by atoms with E-state index in [1.54, 1.807) is 24.3 Å². The van der Waals surface area contributed by atoms with Gasteiger partial charge in [0.1, 0.15) is 11.6 Å². The minimum absolute atomic E-state index is 0.230. The number of nitrogens with zero attached hydrogens (tertiary/aromatic N) is 2. The zero-order chi connectivity index (χ0) is 20.1. The summed E-state index contributed by atoms with van der Waals surface area (Å²) in [5, 5.41) is 6.05. The summed E-state index contributed by atoms with van der Waals surface area (Å²) in [6.45, 7) is 2.93. The third kappa shape index (κ3) is 4.70. The Bertz CT molecular complexity index is 971. The Kier molecular flexibility index (Phi) is 5.67. The number of halogens is 1. The zero-order valence-corrected chi connectivity index (χ0v) is 15.8. The standard InChI is InChI=1S/C22H21FN4O2/c23-17-6-8-18(9-7-17)25-21-10-5-16(15-24-21)22(28)26-19-3-1-2-4-20(19)27-11-13-29-14-12-27/h1-10,15H,11-14H2,(H,24,25)(H,26,28). The minimum Gasteiger partial charge on any atom is -0.378 e. The quantitative estimate of drug-likeness (QED) is 0.686. The lowest BCUT2D eigenvalue weighted by molar-refractivity contribution is 0.102. The molecular formula is C22H21FN4O2. The molecule has 0 spiro atoms. The van der Waals surface area contributed by atoms with Gasteiger partial charge in [-0.25, -0.2) is 9.37 Å². The molecule has 0 unspecified atom stereocenters. The summed E-state index contributed by atoms with van der Waals surface area (Å²) in [4.78, 5) is 19.2. The third-order valence-electron chi connectivity index (χ3n) is 4.65. The Labute approximate surface area is 168 Å². The lowest BCUT2D eigenvalue weighted by Gasteiger charge is -2.30. The van der Waals surface area contributed by atoms with Crippen molar-refractivity contribution < 1.29 is 13.9 Å². The van der Waals surface area contributed by atoms with Crippen LogP contribution in [0.4, 0.5) is 27.3 Å². The van der Waals surface area contributed by atoms with Crippen molar-refractivity contribution in [2.75, 3.05) is 41.8 Å². The van der Waals surface area contributed by atoms with Gasteiger partial charge in [0, 0.05) is 25.0 Å². The molecule has 0 radical (unpaired) electrons. The average molecular weight is 392 g/mol. The largest absolute Gasteiger partial charge is 0.378 e. The summed E-state index contributed by atoms with van der Waals surface area (Å²) in [5.74, 6) is 0.0429. The second kappa shape index (κ2) is 8.70. The van der Waals surface area contributed by atoms with Crippen LogP contribution in [0.3, 0.4) is 0 Å². The van der Waals surface area contributed by atoms with Gasteiger partial charge in [-0.15, -0.1) is 0 Å². The molecule has 1 aromatic heterocycles. The van der Waals surface area contributed by atoms with Crippen LogP contribution in [-0.4, -0.2) is 37.2 Å². The maximum Gasteiger partial charge on any atom is 0.257 e. The maximum absolute atomic E-state index is 13.0. The normalized spacial score (nSPS) is 13.8. The summed E-state index contributed by atoms with van der Waals surface area (Å²) in [7, 11) is 0. The van der Waals surface area contributed by atoms with Gasteiger partial charge in [-0.05, 0) is 48.5 Å². The molecule has 2 N–H and O–H groups in total. The van der Waals surface area contributed by atoms with E-state index < -0.39 is 0 Å². The molecule has 4 rings (SSSR count). The zero-order valence-electron chi connectivity index (χ0n) is 15.8. The molecule has 3 aromatic rings. The highest BCUT2D eigenvalue weighted by Crippen LogP contribution is 2.27. The van der Waals surface area contributed by atoms with Gasteiger partial charge in [0.15, 0.2) is 0 Å². The van der Waals surface area contributed by atoms with Gasteiger partial charge in [-0.3, -0.25) is 4.79 Å². The predicted octanol–water partition coefficient (Wildman–Crippen LogP) is 4.05. The number of carbonyl (C=O) groups excluding carboxylic acids is 1. The van der Waals surface area contributed by atoms with Crippen LogP contribution in [0.5, 0.6) is 0 Å². The molecule has 29 heavy (non-hydrogen) atoms. The summed E-state index contributed by atoms with van der Waals surface area (Å²) in [6, 6.07) is 17.1. The number of ether oxygens (including phenoxy) is 1. The molecule has 148 valence electrons. The fraction of sp³-hybridized carbons (Fsp3) is 0.182. The van der Waals surface area contributed by atoms with Crippen molar-refractivity contribution in [2.24, 2.45) is 0 Å². The van der Waals surface area contributed by atoms with Gasteiger partial charge >= 0.3 is 0 Å². The molecule has 2 aromatic carbocycles. The molecule has 1 saturated heterocycles. The topological polar surface area (TPSA) is 66.5 Å². The number of rotatable bonds is 5. The fourth-order valence-corrected chi connectivity index (χ4v) is 3.14. The Morgan fingerprint density at radius 3 is 2.48 bits per heavy atom. The summed E-state index contributed by atoms with van der Waals surface area (Å²) < 4.78 is 18.4. The van der Waals surface area contributed by atoms with Crippen LogP contribution in [0.15, 0.2) is 66.9 Å². The van der Waals surface area contributed by atoms with Crippen LogP contribution in [0.1, 0.15) is 10.4 Å². The van der Waals surface area contributed by atoms with E-state index >= 15 is 0 Å². The molecule has 0 bridgehead atoms. The van der Waals surface area contributed by atoms with Crippen molar-refractivity contribution in [3.63, 3.8) is 0 Å². The van der Waals surface area contributed by atoms with Crippen LogP contribution in [0, 0.1) is 5.82 Å². The first-order valence-corrected chi connectivity index (χ1v) is 9.41. The first kappa shape index (κ1) is 18.9. The van der Waals surface area contributed by atoms with E-state index in [2.05, 4.69) is 20.5 Å². The van der Waals surface area contributed by atoms with Crippen molar-refractivity contribution in [2.45, 2.75) is 0 Å². The smallest absolute Gasteiger partial charge is 0.257 e. The Balaban J connectivity index is 1.44. The molecule has 1 fully saturated rings. The molecule has 6 nitrogen and oxygen atoms in total. The monoisotopic (exact) mass is 392 g/mol. The van der Waals surface area contributed by atoms with Crippen LogP contribution in [-0.2, 0) is 4.74 Å². The third-order valence-corrected chi connectivity index (χ3v) is 4.65. The van der Waals surface area contributed by atoms with Gasteiger partial charge in [0.25, 0.3) is 5.91 Å². The van der Waals surface area contributed by atoms with Crippen LogP contribution < -0.4 is 15.5 Å². The van der Waals surface area contributed by atoms with Crippen LogP contribution in [0.2, 0.25) is 0 Å². The first-order valence-electron chi connectivity index (χ1n) is 9.41. The highest BCUT2D eigenvalue weighted by Gasteiger charge is 2.16. The maximum atomic E-state index is 13.0. The van der Waals surface area contributed by atoms with Crippen molar-refractivity contribution in [1.29, 1.82) is 0 Å². The number of amides is 1. The highest BCUT2D eigenvalue weighted by atomic mass is 19.1. The lowest BCUT2D eigenvalue weighted by Crippen LogP contribution is -2.36. The first-order chi connectivity index (χ1) is 14.2. The number of pyridine rings is 1. The van der Waals surface area contributed by atoms with E-state index in [9.17, 15) is 9.18 Å². The van der Waals surface area contributed by atoms with Crippen LogP contribution in [0.25, 0.3) is 0 Å². The molecular weight excluding hydrogens is 371 g/mol. The van der Waals surface area contributed by atoms with Gasteiger partial charge in [0.05, 0.1) is 30.2 Å². The van der Waals surface area contributed by atoms with E-state index in [-0.39, 0.29) is 11.7 Å². The van der Waals surface area contributed by atoms with Gasteiger partial charge < -0.3 is 20.3 Å². The van der Waals surface area contributed by atoms with Gasteiger partial charge in [0.2, 0.25) is 0 Å². The van der Waals surface area contributed by atoms with E-state index in [1.807, 2.05) is 24.3 Å². The molecule has 1 aliphatic rings. The summed E-state index contributed by atoms with van der Waals surface area (Å²) in [6.07, 6.45) is 1.51. The number of hydrogen-bond acceptors (Lipinski definition) is 5. The number of anilines is 4. The fourth-order valence-electron chi connectivity index (χ4n) is 3.14.